The molecule has 112 valence electrons. The quantitative estimate of drug-likeness (QED) is 0.657. The molecule has 2 rings (SSSR count). The predicted octanol–water partition coefficient (Wildman–Crippen LogP) is 1.84. The third kappa shape index (κ3) is 2.47. The van der Waals surface area contributed by atoms with Gasteiger partial charge in [-0.3, -0.25) is 14.9 Å². The van der Waals surface area contributed by atoms with Gasteiger partial charge in [0, 0.05) is 17.3 Å². The Labute approximate surface area is 124 Å². The molecule has 0 aliphatic carbocycles. The van der Waals surface area contributed by atoms with Crippen LogP contribution in [0.1, 0.15) is 11.3 Å². The number of benzene rings is 1. The number of aromatic nitrogens is 1. The Kier molecular flexibility index (Phi) is 3.81. The third-order valence-corrected chi connectivity index (χ3v) is 3.04. The highest BCUT2D eigenvalue weighted by Gasteiger charge is 2.22. The number of pyridine rings is 1. The van der Waals surface area contributed by atoms with Crippen molar-refractivity contribution in [2.24, 2.45) is 0 Å². The SMILES string of the molecule is COc1c(O)cc(-c2cc(C)[nH]c(=O)c2C#N)cc1[N+](=O)[O-]. The Bertz CT molecular complexity index is 864. The number of nitrogens with one attached hydrogen (secondary N) is 1. The molecule has 1 aromatic heterocycles. The number of nitrogens with zero attached hydrogens (tertiary/aromatic N) is 2. The third-order valence-electron chi connectivity index (χ3n) is 3.04. The molecule has 2 aromatic rings. The van der Waals surface area contributed by atoms with Crippen LogP contribution >= 0.6 is 0 Å². The monoisotopic (exact) mass is 301 g/mol. The predicted molar refractivity (Wildman–Crippen MR) is 76.8 cm³/mol. The van der Waals surface area contributed by atoms with Gasteiger partial charge in [0.2, 0.25) is 5.75 Å². The van der Waals surface area contributed by atoms with Crippen LogP contribution in [0.3, 0.4) is 0 Å². The summed E-state index contributed by atoms with van der Waals surface area (Å²) < 4.78 is 4.81. The Balaban J connectivity index is 2.83. The number of nitriles is 1. The summed E-state index contributed by atoms with van der Waals surface area (Å²) in [7, 11) is 1.19. The van der Waals surface area contributed by atoms with Crippen molar-refractivity contribution in [1.29, 1.82) is 5.26 Å². The van der Waals surface area contributed by atoms with Gasteiger partial charge in [0.25, 0.3) is 5.56 Å². The molecule has 0 fully saturated rings. The van der Waals surface area contributed by atoms with Gasteiger partial charge in [-0.15, -0.1) is 0 Å². The summed E-state index contributed by atoms with van der Waals surface area (Å²) in [6.45, 7) is 1.61. The molecular weight excluding hydrogens is 290 g/mol. The van der Waals surface area contributed by atoms with Crippen molar-refractivity contribution < 1.29 is 14.8 Å². The summed E-state index contributed by atoms with van der Waals surface area (Å²) in [5.41, 5.74) is -0.392. The lowest BCUT2D eigenvalue weighted by Crippen LogP contribution is -2.12. The summed E-state index contributed by atoms with van der Waals surface area (Å²) in [6.07, 6.45) is 0. The molecule has 0 saturated carbocycles. The first-order valence-electron chi connectivity index (χ1n) is 6.08. The molecule has 0 aliphatic heterocycles. The minimum absolute atomic E-state index is 0.177. The molecule has 2 N–H and O–H groups in total. The van der Waals surface area contributed by atoms with Gasteiger partial charge in [-0.05, 0) is 24.6 Å². The topological polar surface area (TPSA) is 129 Å². The summed E-state index contributed by atoms with van der Waals surface area (Å²) in [6, 6.07) is 5.62. The van der Waals surface area contributed by atoms with E-state index >= 15 is 0 Å². The molecule has 0 bridgehead atoms. The minimum Gasteiger partial charge on any atom is -0.504 e. The highest BCUT2D eigenvalue weighted by Crippen LogP contribution is 2.40. The molecule has 0 aliphatic rings. The van der Waals surface area contributed by atoms with Gasteiger partial charge in [0.15, 0.2) is 5.75 Å². The Morgan fingerprint density at radius 1 is 1.41 bits per heavy atom. The van der Waals surface area contributed by atoms with E-state index < -0.39 is 21.9 Å². The van der Waals surface area contributed by atoms with Crippen molar-refractivity contribution in [3.63, 3.8) is 0 Å². The van der Waals surface area contributed by atoms with E-state index in [0.717, 1.165) is 6.07 Å². The fourth-order valence-electron chi connectivity index (χ4n) is 2.13. The summed E-state index contributed by atoms with van der Waals surface area (Å²) in [5.74, 6) is -0.734. The molecule has 1 heterocycles. The van der Waals surface area contributed by atoms with Crippen molar-refractivity contribution in [2.45, 2.75) is 6.92 Å². The molecule has 8 nitrogen and oxygen atoms in total. The fourth-order valence-corrected chi connectivity index (χ4v) is 2.13. The van der Waals surface area contributed by atoms with Gasteiger partial charge in [0.1, 0.15) is 11.6 Å². The standard InChI is InChI=1S/C14H11N3O5/c1-7-3-9(10(6-15)14(19)16-7)8-4-11(17(20)21)13(22-2)12(18)5-8/h3-5,18H,1-2H3,(H,16,19). The number of H-pyrrole nitrogens is 1. The average Bonchev–Trinajstić information content (AvgIpc) is 2.45. The highest BCUT2D eigenvalue weighted by molar-refractivity contribution is 5.76. The van der Waals surface area contributed by atoms with Crippen molar-refractivity contribution in [3.8, 4) is 28.7 Å². The number of nitro groups is 1. The van der Waals surface area contributed by atoms with Crippen LogP contribution < -0.4 is 10.3 Å². The van der Waals surface area contributed by atoms with E-state index in [9.17, 15) is 20.0 Å². The molecular formula is C14H11N3O5. The van der Waals surface area contributed by atoms with Gasteiger partial charge in [-0.1, -0.05) is 0 Å². The average molecular weight is 301 g/mol. The number of nitro benzene ring substituents is 1. The van der Waals surface area contributed by atoms with Crippen molar-refractivity contribution >= 4 is 5.69 Å². The zero-order valence-corrected chi connectivity index (χ0v) is 11.7. The smallest absolute Gasteiger partial charge is 0.315 e. The molecule has 0 radical (unpaired) electrons. The molecule has 0 spiro atoms. The Morgan fingerprint density at radius 2 is 2.09 bits per heavy atom. The Hall–Kier alpha value is -3.34. The van der Waals surface area contributed by atoms with Crippen LogP contribution in [0.5, 0.6) is 11.5 Å². The first-order chi connectivity index (χ1) is 10.4. The van der Waals surface area contributed by atoms with Crippen molar-refractivity contribution in [2.75, 3.05) is 7.11 Å². The van der Waals surface area contributed by atoms with Crippen molar-refractivity contribution in [1.82, 2.24) is 4.98 Å². The van der Waals surface area contributed by atoms with E-state index in [-0.39, 0.29) is 22.4 Å². The van der Waals surface area contributed by atoms with Crippen LogP contribution in [0.2, 0.25) is 0 Å². The normalized spacial score (nSPS) is 10.0. The number of ether oxygens (including phenoxy) is 1. The maximum absolute atomic E-state index is 11.8. The fraction of sp³-hybridized carbons (Fsp3) is 0.143. The van der Waals surface area contributed by atoms with Crippen LogP contribution in [-0.2, 0) is 0 Å². The zero-order chi connectivity index (χ0) is 16.4. The lowest BCUT2D eigenvalue weighted by Gasteiger charge is -2.09. The summed E-state index contributed by atoms with van der Waals surface area (Å²) in [4.78, 5) is 24.6. The summed E-state index contributed by atoms with van der Waals surface area (Å²) >= 11 is 0. The number of aryl methyl sites for hydroxylation is 1. The van der Waals surface area contributed by atoms with E-state index in [1.807, 2.05) is 0 Å². The lowest BCUT2D eigenvalue weighted by molar-refractivity contribution is -0.385. The van der Waals surface area contributed by atoms with Crippen LogP contribution in [0.15, 0.2) is 23.0 Å². The van der Waals surface area contributed by atoms with Crippen LogP contribution in [0, 0.1) is 28.4 Å². The number of hydrogen-bond acceptors (Lipinski definition) is 6. The molecule has 8 heteroatoms. The van der Waals surface area contributed by atoms with Crippen LogP contribution in [0.4, 0.5) is 5.69 Å². The molecule has 0 amide bonds. The number of methoxy groups -OCH3 is 1. The number of phenols is 1. The minimum atomic E-state index is -0.714. The molecule has 0 saturated heterocycles. The molecule has 0 atom stereocenters. The Morgan fingerprint density at radius 3 is 2.64 bits per heavy atom. The number of aromatic hydroxyl groups is 1. The number of aromatic amines is 1. The van der Waals surface area contributed by atoms with E-state index in [2.05, 4.69) is 4.98 Å². The van der Waals surface area contributed by atoms with E-state index in [1.54, 1.807) is 13.0 Å². The van der Waals surface area contributed by atoms with E-state index in [1.165, 1.54) is 19.2 Å². The van der Waals surface area contributed by atoms with E-state index in [0.29, 0.717) is 5.69 Å². The van der Waals surface area contributed by atoms with Crippen LogP contribution in [0.25, 0.3) is 11.1 Å². The highest BCUT2D eigenvalue weighted by atomic mass is 16.6. The summed E-state index contributed by atoms with van der Waals surface area (Å²) in [5, 5.41) is 30.1. The first-order valence-corrected chi connectivity index (χ1v) is 6.08. The number of rotatable bonds is 3. The van der Waals surface area contributed by atoms with Gasteiger partial charge < -0.3 is 14.8 Å². The van der Waals surface area contributed by atoms with Crippen molar-refractivity contribution in [3.05, 3.63) is 49.9 Å². The molecule has 0 unspecified atom stereocenters. The number of phenolic OH excluding ortho intramolecular Hbond substituents is 1. The van der Waals surface area contributed by atoms with E-state index in [4.69, 9.17) is 10.00 Å². The first kappa shape index (κ1) is 15.1. The lowest BCUT2D eigenvalue weighted by atomic mass is 10.00. The molecule has 22 heavy (non-hydrogen) atoms. The van der Waals surface area contributed by atoms with Crippen LogP contribution in [-0.4, -0.2) is 22.1 Å². The molecule has 1 aromatic carbocycles. The zero-order valence-electron chi connectivity index (χ0n) is 11.7. The van der Waals surface area contributed by atoms with Gasteiger partial charge in [-0.25, -0.2) is 0 Å². The second-order valence-corrected chi connectivity index (χ2v) is 4.49. The van der Waals surface area contributed by atoms with Gasteiger partial charge in [0.05, 0.1) is 12.0 Å². The van der Waals surface area contributed by atoms with Gasteiger partial charge >= 0.3 is 5.69 Å². The maximum Gasteiger partial charge on any atom is 0.315 e. The second-order valence-electron chi connectivity index (χ2n) is 4.49. The van der Waals surface area contributed by atoms with Gasteiger partial charge in [-0.2, -0.15) is 5.26 Å². The second kappa shape index (κ2) is 5.57. The number of hydrogen-bond donors (Lipinski definition) is 2. The largest absolute Gasteiger partial charge is 0.504 e. The maximum atomic E-state index is 11.8.